The van der Waals surface area contributed by atoms with Crippen LogP contribution in [0.5, 0.6) is 5.75 Å². The maximum Gasteiger partial charge on any atom is 0.338 e. The molecule has 0 saturated heterocycles. The highest BCUT2D eigenvalue weighted by Gasteiger charge is 2.18. The second-order valence-electron chi connectivity index (χ2n) is 6.76. The molecule has 3 aromatic rings. The monoisotopic (exact) mass is 404 g/mol. The molecule has 1 amide bonds. The minimum atomic E-state index is -0.745. The number of benzene rings is 3. The number of hydrogen-bond donors (Lipinski definition) is 2. The van der Waals surface area contributed by atoms with Gasteiger partial charge in [0, 0.05) is 0 Å². The van der Waals surface area contributed by atoms with Crippen LogP contribution in [0, 0.1) is 0 Å². The first kappa shape index (κ1) is 21.1. The van der Waals surface area contributed by atoms with E-state index in [0.29, 0.717) is 23.4 Å². The molecule has 6 heteroatoms. The van der Waals surface area contributed by atoms with E-state index in [2.05, 4.69) is 5.32 Å². The summed E-state index contributed by atoms with van der Waals surface area (Å²) in [5.41, 5.74) is 8.57. The summed E-state index contributed by atoms with van der Waals surface area (Å²) in [5, 5.41) is 2.75. The molecule has 3 N–H and O–H groups in total. The van der Waals surface area contributed by atoms with Gasteiger partial charge in [-0.15, -0.1) is 0 Å². The number of esters is 1. The Bertz CT molecular complexity index is 991. The lowest BCUT2D eigenvalue weighted by Gasteiger charge is -2.15. The van der Waals surface area contributed by atoms with Crippen LogP contribution in [-0.2, 0) is 22.6 Å². The van der Waals surface area contributed by atoms with E-state index < -0.39 is 12.0 Å². The van der Waals surface area contributed by atoms with Gasteiger partial charge in [0.15, 0.2) is 0 Å². The van der Waals surface area contributed by atoms with Crippen molar-refractivity contribution in [2.45, 2.75) is 19.1 Å². The van der Waals surface area contributed by atoms with E-state index >= 15 is 0 Å². The first-order valence-corrected chi connectivity index (χ1v) is 9.56. The molecular formula is C24H24N2O4. The molecule has 154 valence electrons. The molecule has 0 heterocycles. The van der Waals surface area contributed by atoms with Crippen LogP contribution in [-0.4, -0.2) is 25.0 Å². The lowest BCUT2D eigenvalue weighted by molar-refractivity contribution is -0.117. The van der Waals surface area contributed by atoms with Crippen LogP contribution < -0.4 is 15.8 Å². The highest BCUT2D eigenvalue weighted by atomic mass is 16.5. The molecule has 0 fully saturated rings. The van der Waals surface area contributed by atoms with Gasteiger partial charge >= 0.3 is 5.97 Å². The second kappa shape index (κ2) is 10.2. The molecule has 30 heavy (non-hydrogen) atoms. The van der Waals surface area contributed by atoms with Gasteiger partial charge in [-0.2, -0.15) is 0 Å². The van der Waals surface area contributed by atoms with Gasteiger partial charge in [0.2, 0.25) is 5.91 Å². The van der Waals surface area contributed by atoms with Crippen LogP contribution >= 0.6 is 0 Å². The Morgan fingerprint density at radius 3 is 2.20 bits per heavy atom. The van der Waals surface area contributed by atoms with E-state index in [0.717, 1.165) is 11.1 Å². The molecule has 0 bridgehead atoms. The number of nitrogens with two attached hydrogens (primary N) is 1. The maximum absolute atomic E-state index is 12.6. The molecule has 0 spiro atoms. The van der Waals surface area contributed by atoms with E-state index in [9.17, 15) is 9.59 Å². The third kappa shape index (κ3) is 5.68. The SMILES string of the molecule is COc1ccc(C(=O)OCc2ccccc2)cc1NC(=O)[C@@H](N)Cc1ccccc1. The van der Waals surface area contributed by atoms with Crippen molar-refractivity contribution in [3.63, 3.8) is 0 Å². The summed E-state index contributed by atoms with van der Waals surface area (Å²) in [7, 11) is 1.49. The second-order valence-corrected chi connectivity index (χ2v) is 6.76. The average molecular weight is 404 g/mol. The van der Waals surface area contributed by atoms with E-state index in [-0.39, 0.29) is 12.5 Å². The Kier molecular flexibility index (Phi) is 7.19. The Hall–Kier alpha value is -3.64. The number of methoxy groups -OCH3 is 1. The number of ether oxygens (including phenoxy) is 2. The van der Waals surface area contributed by atoms with Crippen molar-refractivity contribution in [2.75, 3.05) is 12.4 Å². The molecule has 6 nitrogen and oxygen atoms in total. The fraction of sp³-hybridized carbons (Fsp3) is 0.167. The Balaban J connectivity index is 1.67. The summed E-state index contributed by atoms with van der Waals surface area (Å²) in [6.07, 6.45) is 0.397. The highest BCUT2D eigenvalue weighted by molar-refractivity contribution is 5.98. The van der Waals surface area contributed by atoms with Crippen molar-refractivity contribution in [3.05, 3.63) is 95.6 Å². The zero-order valence-corrected chi connectivity index (χ0v) is 16.7. The number of anilines is 1. The Labute approximate surface area is 175 Å². The van der Waals surface area contributed by atoms with Gasteiger partial charge < -0.3 is 20.5 Å². The van der Waals surface area contributed by atoms with Crippen LogP contribution in [0.4, 0.5) is 5.69 Å². The predicted molar refractivity (Wildman–Crippen MR) is 115 cm³/mol. The Morgan fingerprint density at radius 1 is 0.933 bits per heavy atom. The van der Waals surface area contributed by atoms with Gasteiger partial charge in [0.25, 0.3) is 0 Å². The third-order valence-electron chi connectivity index (χ3n) is 4.54. The summed E-state index contributed by atoms with van der Waals surface area (Å²) in [6, 6.07) is 22.9. The van der Waals surface area contributed by atoms with Crippen LogP contribution in [0.15, 0.2) is 78.9 Å². The zero-order valence-electron chi connectivity index (χ0n) is 16.7. The lowest BCUT2D eigenvalue weighted by Crippen LogP contribution is -2.37. The fourth-order valence-electron chi connectivity index (χ4n) is 2.93. The van der Waals surface area contributed by atoms with Gasteiger partial charge in [-0.05, 0) is 35.7 Å². The molecule has 0 radical (unpaired) electrons. The van der Waals surface area contributed by atoms with E-state index in [1.807, 2.05) is 60.7 Å². The molecule has 0 saturated carbocycles. The van der Waals surface area contributed by atoms with Gasteiger partial charge in [-0.3, -0.25) is 4.79 Å². The highest BCUT2D eigenvalue weighted by Crippen LogP contribution is 2.26. The van der Waals surface area contributed by atoms with Crippen molar-refractivity contribution in [2.24, 2.45) is 5.73 Å². The van der Waals surface area contributed by atoms with E-state index in [1.54, 1.807) is 12.1 Å². The molecule has 3 aromatic carbocycles. The fourth-order valence-corrected chi connectivity index (χ4v) is 2.93. The lowest BCUT2D eigenvalue weighted by atomic mass is 10.1. The summed E-state index contributed by atoms with van der Waals surface area (Å²) < 4.78 is 10.7. The first-order valence-electron chi connectivity index (χ1n) is 9.56. The quantitative estimate of drug-likeness (QED) is 0.560. The summed E-state index contributed by atoms with van der Waals surface area (Å²) >= 11 is 0. The number of amides is 1. The summed E-state index contributed by atoms with van der Waals surface area (Å²) in [4.78, 5) is 25.0. The molecular weight excluding hydrogens is 380 g/mol. The number of hydrogen-bond acceptors (Lipinski definition) is 5. The topological polar surface area (TPSA) is 90.6 Å². The molecule has 3 rings (SSSR count). The molecule has 0 aliphatic heterocycles. The predicted octanol–water partition coefficient (Wildman–Crippen LogP) is 3.56. The molecule has 0 aromatic heterocycles. The zero-order chi connectivity index (χ0) is 21.3. The van der Waals surface area contributed by atoms with Gasteiger partial charge in [0.1, 0.15) is 12.4 Å². The number of nitrogens with one attached hydrogen (secondary N) is 1. The average Bonchev–Trinajstić information content (AvgIpc) is 2.78. The number of carbonyl (C=O) groups is 2. The first-order chi connectivity index (χ1) is 14.6. The standard InChI is InChI=1S/C24H24N2O4/c1-29-22-13-12-19(24(28)30-16-18-10-6-3-7-11-18)15-21(22)26-23(27)20(25)14-17-8-4-2-5-9-17/h2-13,15,20H,14,16,25H2,1H3,(H,26,27)/t20-/m0/s1. The van der Waals surface area contributed by atoms with E-state index in [1.165, 1.54) is 13.2 Å². The smallest absolute Gasteiger partial charge is 0.338 e. The van der Waals surface area contributed by atoms with Gasteiger partial charge in [-0.25, -0.2) is 4.79 Å². The van der Waals surface area contributed by atoms with Gasteiger partial charge in [0.05, 0.1) is 24.4 Å². The van der Waals surface area contributed by atoms with E-state index in [4.69, 9.17) is 15.2 Å². The number of rotatable bonds is 8. The molecule has 1 atom stereocenters. The molecule has 0 aliphatic carbocycles. The molecule has 0 aliphatic rings. The van der Waals surface area contributed by atoms with Crippen molar-refractivity contribution < 1.29 is 19.1 Å². The van der Waals surface area contributed by atoms with Crippen LogP contribution in [0.1, 0.15) is 21.5 Å². The number of carbonyl (C=O) groups excluding carboxylic acids is 2. The summed E-state index contributed by atoms with van der Waals surface area (Å²) in [6.45, 7) is 0.162. The molecule has 0 unspecified atom stereocenters. The van der Waals surface area contributed by atoms with Gasteiger partial charge in [-0.1, -0.05) is 60.7 Å². The normalized spacial score (nSPS) is 11.4. The van der Waals surface area contributed by atoms with Crippen molar-refractivity contribution in [1.29, 1.82) is 0 Å². The van der Waals surface area contributed by atoms with Crippen LogP contribution in [0.3, 0.4) is 0 Å². The van der Waals surface area contributed by atoms with Crippen molar-refractivity contribution >= 4 is 17.6 Å². The Morgan fingerprint density at radius 2 is 1.57 bits per heavy atom. The van der Waals surface area contributed by atoms with Crippen LogP contribution in [0.25, 0.3) is 0 Å². The minimum Gasteiger partial charge on any atom is -0.495 e. The largest absolute Gasteiger partial charge is 0.495 e. The van der Waals surface area contributed by atoms with Crippen molar-refractivity contribution in [3.8, 4) is 5.75 Å². The van der Waals surface area contributed by atoms with Crippen LogP contribution in [0.2, 0.25) is 0 Å². The maximum atomic E-state index is 12.6. The minimum absolute atomic E-state index is 0.162. The third-order valence-corrected chi connectivity index (χ3v) is 4.54. The van der Waals surface area contributed by atoms with Crippen molar-refractivity contribution in [1.82, 2.24) is 0 Å². The summed E-state index contributed by atoms with van der Waals surface area (Å²) in [5.74, 6) is -0.438.